The van der Waals surface area contributed by atoms with Crippen molar-refractivity contribution in [1.82, 2.24) is 9.97 Å². The predicted octanol–water partition coefficient (Wildman–Crippen LogP) is 7.62. The fourth-order valence-electron chi connectivity index (χ4n) is 6.25. The lowest BCUT2D eigenvalue weighted by molar-refractivity contribution is -0.384. The van der Waals surface area contributed by atoms with Crippen LogP contribution in [-0.2, 0) is 0 Å². The van der Waals surface area contributed by atoms with Gasteiger partial charge in [-0.25, -0.2) is 0 Å². The van der Waals surface area contributed by atoms with Crippen LogP contribution in [0.5, 0.6) is 0 Å². The molecule has 2 N–H and O–H groups in total. The van der Waals surface area contributed by atoms with E-state index in [2.05, 4.69) is 95.0 Å². The molecule has 5 nitrogen and oxygen atoms in total. The summed E-state index contributed by atoms with van der Waals surface area (Å²) < 4.78 is 0. The van der Waals surface area contributed by atoms with Gasteiger partial charge in [-0.15, -0.1) is 0 Å². The lowest BCUT2D eigenvalue weighted by atomic mass is 9.75. The molecule has 2 heterocycles. The van der Waals surface area contributed by atoms with Gasteiger partial charge < -0.3 is 9.97 Å². The summed E-state index contributed by atoms with van der Waals surface area (Å²) in [5, 5.41) is 13.8. The molecular weight excluding hydrogens is 446 g/mol. The molecule has 36 heavy (non-hydrogen) atoms. The molecule has 1 aliphatic rings. The minimum Gasteiger partial charge on any atom is -0.361 e. The molecule has 0 radical (unpaired) electrons. The molecule has 0 bridgehead atoms. The van der Waals surface area contributed by atoms with E-state index in [1.54, 1.807) is 12.1 Å². The molecule has 1 aliphatic carbocycles. The number of fused-ring (bicyclic) bond motifs is 4. The quantitative estimate of drug-likeness (QED) is 0.206. The van der Waals surface area contributed by atoms with Gasteiger partial charge in [-0.05, 0) is 34.4 Å². The largest absolute Gasteiger partial charge is 0.361 e. The van der Waals surface area contributed by atoms with Crippen LogP contribution in [0, 0.1) is 10.1 Å². The number of hydrogen-bond acceptors (Lipinski definition) is 2. The van der Waals surface area contributed by atoms with Gasteiger partial charge in [0.1, 0.15) is 0 Å². The zero-order chi connectivity index (χ0) is 24.2. The molecule has 3 atom stereocenters. The second kappa shape index (κ2) is 7.95. The molecule has 174 valence electrons. The molecule has 0 spiro atoms. The van der Waals surface area contributed by atoms with Crippen LogP contribution < -0.4 is 0 Å². The average Bonchev–Trinajstić information content (AvgIpc) is 3.60. The van der Waals surface area contributed by atoms with Gasteiger partial charge in [-0.1, -0.05) is 78.9 Å². The van der Waals surface area contributed by atoms with Gasteiger partial charge in [0.15, 0.2) is 0 Å². The number of para-hydroxylation sites is 2. The number of benzene rings is 4. The summed E-state index contributed by atoms with van der Waals surface area (Å²) in [5.74, 6) is 0.252. The van der Waals surface area contributed by atoms with Gasteiger partial charge in [0.2, 0.25) is 0 Å². The van der Waals surface area contributed by atoms with Crippen molar-refractivity contribution < 1.29 is 4.92 Å². The monoisotopic (exact) mass is 469 g/mol. The van der Waals surface area contributed by atoms with E-state index in [1.165, 1.54) is 33.2 Å². The van der Waals surface area contributed by atoms with Crippen molar-refractivity contribution in [2.24, 2.45) is 0 Å². The molecule has 0 fully saturated rings. The summed E-state index contributed by atoms with van der Waals surface area (Å²) in [6, 6.07) is 34.7. The van der Waals surface area contributed by atoms with Crippen molar-refractivity contribution in [3.63, 3.8) is 0 Å². The standard InChI is InChI=1S/C31H23N3O2/c35-34(36)21-16-14-20(15-17-21)28-27(19-8-2-1-3-9-19)30(24-18-32-25-12-6-4-10-22(24)25)31-29(28)23-11-5-7-13-26(23)33-31/h1-18,27-28,30,32-33H/t27-,28-,30+/m0/s1. The van der Waals surface area contributed by atoms with Gasteiger partial charge in [0.25, 0.3) is 5.69 Å². The van der Waals surface area contributed by atoms with Crippen LogP contribution in [0.1, 0.15) is 45.7 Å². The Kier molecular flexibility index (Phi) is 4.58. The highest BCUT2D eigenvalue weighted by Gasteiger charge is 2.46. The van der Waals surface area contributed by atoms with Crippen LogP contribution in [-0.4, -0.2) is 14.9 Å². The smallest absolute Gasteiger partial charge is 0.269 e. The van der Waals surface area contributed by atoms with Crippen molar-refractivity contribution in [1.29, 1.82) is 0 Å². The maximum absolute atomic E-state index is 11.4. The second-order valence-electron chi connectivity index (χ2n) is 9.53. The molecule has 0 saturated heterocycles. The molecular formula is C31H23N3O2. The third-order valence-corrected chi connectivity index (χ3v) is 7.72. The van der Waals surface area contributed by atoms with Crippen LogP contribution in [0.15, 0.2) is 109 Å². The van der Waals surface area contributed by atoms with Gasteiger partial charge in [-0.3, -0.25) is 10.1 Å². The highest BCUT2D eigenvalue weighted by molar-refractivity contribution is 5.90. The number of aromatic nitrogens is 2. The minimum atomic E-state index is -0.334. The lowest BCUT2D eigenvalue weighted by Gasteiger charge is -2.27. The first kappa shape index (κ1) is 20.7. The Morgan fingerprint density at radius 2 is 1.33 bits per heavy atom. The topological polar surface area (TPSA) is 74.7 Å². The normalized spacial score (nSPS) is 19.1. The Hall–Kier alpha value is -4.64. The van der Waals surface area contributed by atoms with Crippen molar-refractivity contribution in [3.8, 4) is 0 Å². The van der Waals surface area contributed by atoms with E-state index >= 15 is 0 Å². The number of nitrogens with one attached hydrogen (secondary N) is 2. The summed E-state index contributed by atoms with van der Waals surface area (Å²) in [6.07, 6.45) is 2.15. The number of nitro benzene ring substituents is 1. The number of nitro groups is 1. The third-order valence-electron chi connectivity index (χ3n) is 7.72. The van der Waals surface area contributed by atoms with Crippen LogP contribution >= 0.6 is 0 Å². The maximum Gasteiger partial charge on any atom is 0.269 e. The summed E-state index contributed by atoms with van der Waals surface area (Å²) in [4.78, 5) is 18.3. The number of H-pyrrole nitrogens is 2. The van der Waals surface area contributed by atoms with Crippen molar-refractivity contribution in [3.05, 3.63) is 147 Å². The maximum atomic E-state index is 11.4. The molecule has 0 unspecified atom stereocenters. The summed E-state index contributed by atoms with van der Waals surface area (Å²) in [5.41, 5.74) is 8.45. The molecule has 6 aromatic rings. The zero-order valence-electron chi connectivity index (χ0n) is 19.4. The first-order valence-corrected chi connectivity index (χ1v) is 12.2. The third kappa shape index (κ3) is 3.02. The van der Waals surface area contributed by atoms with E-state index < -0.39 is 0 Å². The predicted molar refractivity (Wildman–Crippen MR) is 143 cm³/mol. The number of hydrogen-bond donors (Lipinski definition) is 2. The minimum absolute atomic E-state index is 0.0398. The Morgan fingerprint density at radius 3 is 2.08 bits per heavy atom. The number of aromatic amines is 2. The molecule has 4 aromatic carbocycles. The van der Waals surface area contributed by atoms with Gasteiger partial charge in [0.05, 0.1) is 4.92 Å². The number of non-ortho nitro benzene ring substituents is 1. The molecule has 2 aromatic heterocycles. The zero-order valence-corrected chi connectivity index (χ0v) is 19.4. The van der Waals surface area contributed by atoms with E-state index in [0.717, 1.165) is 16.6 Å². The fraction of sp³-hybridized carbons (Fsp3) is 0.0968. The van der Waals surface area contributed by atoms with E-state index in [0.29, 0.717) is 0 Å². The first-order valence-electron chi connectivity index (χ1n) is 12.2. The van der Waals surface area contributed by atoms with Crippen molar-refractivity contribution >= 4 is 27.5 Å². The van der Waals surface area contributed by atoms with Gasteiger partial charge in [0, 0.05) is 63.6 Å². The Labute approximate surface area is 207 Å². The van der Waals surface area contributed by atoms with Crippen molar-refractivity contribution in [2.45, 2.75) is 17.8 Å². The van der Waals surface area contributed by atoms with Crippen LogP contribution in [0.4, 0.5) is 5.69 Å². The van der Waals surface area contributed by atoms with E-state index in [-0.39, 0.29) is 28.4 Å². The summed E-state index contributed by atoms with van der Waals surface area (Å²) in [7, 11) is 0. The fourth-order valence-corrected chi connectivity index (χ4v) is 6.25. The lowest BCUT2D eigenvalue weighted by Crippen LogP contribution is -2.14. The van der Waals surface area contributed by atoms with Crippen LogP contribution in [0.2, 0.25) is 0 Å². The number of rotatable bonds is 4. The highest BCUT2D eigenvalue weighted by atomic mass is 16.6. The molecule has 0 aliphatic heterocycles. The Bertz CT molecular complexity index is 1730. The Balaban J connectivity index is 1.53. The van der Waals surface area contributed by atoms with E-state index in [4.69, 9.17) is 0 Å². The summed E-state index contributed by atoms with van der Waals surface area (Å²) in [6.45, 7) is 0. The summed E-state index contributed by atoms with van der Waals surface area (Å²) >= 11 is 0. The van der Waals surface area contributed by atoms with Crippen molar-refractivity contribution in [2.75, 3.05) is 0 Å². The molecule has 7 rings (SSSR count). The second-order valence-corrected chi connectivity index (χ2v) is 9.53. The van der Waals surface area contributed by atoms with Crippen LogP contribution in [0.3, 0.4) is 0 Å². The SMILES string of the molecule is O=[N+]([O-])c1ccc([C@@H]2c3c([nH]c4ccccc34)[C@H](c3c[nH]c4ccccc34)[C@H]2c2ccccc2)cc1. The average molecular weight is 470 g/mol. The van der Waals surface area contributed by atoms with Crippen LogP contribution in [0.25, 0.3) is 21.8 Å². The highest BCUT2D eigenvalue weighted by Crippen LogP contribution is 2.59. The molecule has 5 heteroatoms. The molecule has 0 amide bonds. The Morgan fingerprint density at radius 1 is 0.667 bits per heavy atom. The van der Waals surface area contributed by atoms with E-state index in [1.807, 2.05) is 12.1 Å². The number of nitrogens with zero attached hydrogens (tertiary/aromatic N) is 1. The van der Waals surface area contributed by atoms with Gasteiger partial charge >= 0.3 is 0 Å². The molecule has 0 saturated carbocycles. The van der Waals surface area contributed by atoms with E-state index in [9.17, 15) is 10.1 Å². The first-order chi connectivity index (χ1) is 17.7. The van der Waals surface area contributed by atoms with Gasteiger partial charge in [-0.2, -0.15) is 0 Å².